The zero-order valence-corrected chi connectivity index (χ0v) is 14.0. The topological polar surface area (TPSA) is 39.7 Å². The summed E-state index contributed by atoms with van der Waals surface area (Å²) < 4.78 is 0. The summed E-state index contributed by atoms with van der Waals surface area (Å²) in [6.07, 6.45) is 5.00. The lowest BCUT2D eigenvalue weighted by Crippen LogP contribution is -2.42. The number of guanidine groups is 1. The first-order valence-electron chi connectivity index (χ1n) is 8.58. The van der Waals surface area contributed by atoms with Crippen molar-refractivity contribution in [2.24, 2.45) is 4.99 Å². The number of nitrogens with one attached hydrogen (secondary N) is 2. The van der Waals surface area contributed by atoms with Gasteiger partial charge in [-0.25, -0.2) is 0 Å². The molecule has 0 saturated carbocycles. The molecule has 1 atom stereocenters. The van der Waals surface area contributed by atoms with Crippen LogP contribution in [0.5, 0.6) is 0 Å². The summed E-state index contributed by atoms with van der Waals surface area (Å²) in [5.74, 6) is 0.911. The second-order valence-corrected chi connectivity index (χ2v) is 5.90. The number of hydrogen-bond acceptors (Lipinski definition) is 2. The van der Waals surface area contributed by atoms with Gasteiger partial charge >= 0.3 is 0 Å². The van der Waals surface area contributed by atoms with Gasteiger partial charge in [0.05, 0.1) is 6.04 Å². The van der Waals surface area contributed by atoms with Crippen molar-refractivity contribution in [1.82, 2.24) is 15.5 Å². The van der Waals surface area contributed by atoms with Crippen LogP contribution in [0.3, 0.4) is 0 Å². The van der Waals surface area contributed by atoms with Crippen molar-refractivity contribution < 1.29 is 0 Å². The molecule has 0 aliphatic carbocycles. The normalized spacial score (nSPS) is 17.5. The Labute approximate surface area is 135 Å². The van der Waals surface area contributed by atoms with E-state index in [9.17, 15) is 0 Å². The van der Waals surface area contributed by atoms with Gasteiger partial charge in [-0.3, -0.25) is 9.89 Å². The van der Waals surface area contributed by atoms with Crippen molar-refractivity contribution in [3.05, 3.63) is 35.9 Å². The van der Waals surface area contributed by atoms with E-state index >= 15 is 0 Å². The number of nitrogens with zero attached hydrogens (tertiary/aromatic N) is 2. The average molecular weight is 302 g/mol. The third kappa shape index (κ3) is 5.02. The molecule has 1 aromatic rings. The Bertz CT molecular complexity index is 438. The fourth-order valence-electron chi connectivity index (χ4n) is 2.98. The summed E-state index contributed by atoms with van der Waals surface area (Å²) >= 11 is 0. The van der Waals surface area contributed by atoms with Crippen LogP contribution in [0.25, 0.3) is 0 Å². The highest BCUT2D eigenvalue weighted by Gasteiger charge is 2.23. The SMILES string of the molecule is CCCCNC(=NC)NCC(c1ccccc1)N1CCCC1. The third-order valence-corrected chi connectivity index (χ3v) is 4.28. The molecule has 0 amide bonds. The summed E-state index contributed by atoms with van der Waals surface area (Å²) in [6, 6.07) is 11.2. The first-order chi connectivity index (χ1) is 10.8. The molecule has 0 spiro atoms. The number of benzene rings is 1. The fourth-order valence-corrected chi connectivity index (χ4v) is 2.98. The summed E-state index contributed by atoms with van der Waals surface area (Å²) in [4.78, 5) is 6.91. The maximum atomic E-state index is 4.33. The van der Waals surface area contributed by atoms with Crippen molar-refractivity contribution in [2.45, 2.75) is 38.6 Å². The molecule has 1 saturated heterocycles. The van der Waals surface area contributed by atoms with E-state index in [1.807, 2.05) is 7.05 Å². The van der Waals surface area contributed by atoms with Crippen LogP contribution in [0.1, 0.15) is 44.2 Å². The molecule has 1 aromatic carbocycles. The zero-order valence-electron chi connectivity index (χ0n) is 14.0. The summed E-state index contributed by atoms with van der Waals surface area (Å²) in [5.41, 5.74) is 1.39. The van der Waals surface area contributed by atoms with Crippen LogP contribution in [-0.4, -0.2) is 44.1 Å². The third-order valence-electron chi connectivity index (χ3n) is 4.28. The maximum Gasteiger partial charge on any atom is 0.191 e. The first kappa shape index (κ1) is 16.8. The van der Waals surface area contributed by atoms with Gasteiger partial charge < -0.3 is 10.6 Å². The average Bonchev–Trinajstić information content (AvgIpc) is 3.09. The van der Waals surface area contributed by atoms with E-state index in [1.54, 1.807) is 0 Å². The lowest BCUT2D eigenvalue weighted by atomic mass is 10.1. The molecular formula is C18H30N4. The molecule has 2 rings (SSSR count). The molecule has 22 heavy (non-hydrogen) atoms. The van der Waals surface area contributed by atoms with Crippen LogP contribution >= 0.6 is 0 Å². The Morgan fingerprint density at radius 2 is 1.91 bits per heavy atom. The fraction of sp³-hybridized carbons (Fsp3) is 0.611. The molecule has 1 heterocycles. The van der Waals surface area contributed by atoms with E-state index in [2.05, 4.69) is 57.8 Å². The standard InChI is InChI=1S/C18H30N4/c1-3-4-12-20-18(19-2)21-15-17(22-13-8-9-14-22)16-10-6-5-7-11-16/h5-7,10-11,17H,3-4,8-9,12-15H2,1-2H3,(H2,19,20,21). The van der Waals surface area contributed by atoms with Crippen LogP contribution in [0.15, 0.2) is 35.3 Å². The Morgan fingerprint density at radius 1 is 1.18 bits per heavy atom. The molecule has 122 valence electrons. The number of likely N-dealkylation sites (tertiary alicyclic amines) is 1. The number of hydrogen-bond donors (Lipinski definition) is 2. The lowest BCUT2D eigenvalue weighted by Gasteiger charge is -2.29. The number of unbranched alkanes of at least 4 members (excludes halogenated alkanes) is 1. The molecule has 1 unspecified atom stereocenters. The monoisotopic (exact) mass is 302 g/mol. The quantitative estimate of drug-likeness (QED) is 0.462. The Hall–Kier alpha value is -1.55. The van der Waals surface area contributed by atoms with Crippen LogP contribution in [0.2, 0.25) is 0 Å². The number of aliphatic imine (C=N–C) groups is 1. The molecule has 4 nitrogen and oxygen atoms in total. The van der Waals surface area contributed by atoms with Crippen molar-refractivity contribution in [3.8, 4) is 0 Å². The van der Waals surface area contributed by atoms with Crippen molar-refractivity contribution >= 4 is 5.96 Å². The highest BCUT2D eigenvalue weighted by atomic mass is 15.2. The highest BCUT2D eigenvalue weighted by molar-refractivity contribution is 5.79. The second kappa shape index (κ2) is 9.46. The predicted octanol–water partition coefficient (Wildman–Crippen LogP) is 2.79. The van der Waals surface area contributed by atoms with E-state index in [-0.39, 0.29) is 0 Å². The van der Waals surface area contributed by atoms with Gasteiger partial charge in [-0.15, -0.1) is 0 Å². The first-order valence-corrected chi connectivity index (χ1v) is 8.58. The van der Waals surface area contributed by atoms with Crippen LogP contribution in [0.4, 0.5) is 0 Å². The summed E-state index contributed by atoms with van der Waals surface area (Å²) in [7, 11) is 1.84. The molecule has 1 aliphatic rings. The predicted molar refractivity (Wildman–Crippen MR) is 94.3 cm³/mol. The zero-order chi connectivity index (χ0) is 15.6. The van der Waals surface area contributed by atoms with Gasteiger partial charge in [-0.1, -0.05) is 43.7 Å². The summed E-state index contributed by atoms with van der Waals surface area (Å²) in [5, 5.41) is 6.89. The van der Waals surface area contributed by atoms with E-state index < -0.39 is 0 Å². The minimum atomic E-state index is 0.424. The Balaban J connectivity index is 1.94. The van der Waals surface area contributed by atoms with Gasteiger partial charge in [0.25, 0.3) is 0 Å². The van der Waals surface area contributed by atoms with Crippen LogP contribution in [-0.2, 0) is 0 Å². The Kier molecular flexibility index (Phi) is 7.23. The largest absolute Gasteiger partial charge is 0.356 e. The van der Waals surface area contributed by atoms with E-state index in [1.165, 1.54) is 44.3 Å². The van der Waals surface area contributed by atoms with Gasteiger partial charge in [0, 0.05) is 20.1 Å². The molecule has 1 fully saturated rings. The molecule has 1 aliphatic heterocycles. The van der Waals surface area contributed by atoms with Gasteiger partial charge in [0.1, 0.15) is 0 Å². The minimum Gasteiger partial charge on any atom is -0.356 e. The van der Waals surface area contributed by atoms with Crippen molar-refractivity contribution in [1.29, 1.82) is 0 Å². The van der Waals surface area contributed by atoms with Crippen molar-refractivity contribution in [2.75, 3.05) is 33.2 Å². The second-order valence-electron chi connectivity index (χ2n) is 5.90. The molecular weight excluding hydrogens is 272 g/mol. The van der Waals surface area contributed by atoms with Gasteiger partial charge in [0.2, 0.25) is 0 Å². The van der Waals surface area contributed by atoms with Gasteiger partial charge in [-0.2, -0.15) is 0 Å². The van der Waals surface area contributed by atoms with Gasteiger partial charge in [0.15, 0.2) is 5.96 Å². The highest BCUT2D eigenvalue weighted by Crippen LogP contribution is 2.24. The van der Waals surface area contributed by atoms with Crippen LogP contribution < -0.4 is 10.6 Å². The van der Waals surface area contributed by atoms with Crippen LogP contribution in [0, 0.1) is 0 Å². The molecule has 0 aromatic heterocycles. The van der Waals surface area contributed by atoms with E-state index in [4.69, 9.17) is 0 Å². The maximum absolute atomic E-state index is 4.33. The van der Waals surface area contributed by atoms with Gasteiger partial charge in [-0.05, 0) is 37.9 Å². The molecule has 2 N–H and O–H groups in total. The molecule has 0 radical (unpaired) electrons. The molecule has 4 heteroatoms. The minimum absolute atomic E-state index is 0.424. The van der Waals surface area contributed by atoms with E-state index in [0.717, 1.165) is 19.0 Å². The smallest absolute Gasteiger partial charge is 0.191 e. The molecule has 0 bridgehead atoms. The number of rotatable bonds is 7. The van der Waals surface area contributed by atoms with Crippen molar-refractivity contribution in [3.63, 3.8) is 0 Å². The lowest BCUT2D eigenvalue weighted by molar-refractivity contribution is 0.245. The Morgan fingerprint density at radius 3 is 2.55 bits per heavy atom. The summed E-state index contributed by atoms with van der Waals surface area (Å²) in [6.45, 7) is 6.48. The van der Waals surface area contributed by atoms with E-state index in [0.29, 0.717) is 6.04 Å².